The van der Waals surface area contributed by atoms with Crippen molar-refractivity contribution in [1.82, 2.24) is 0 Å². The molecule has 0 spiro atoms. The van der Waals surface area contributed by atoms with E-state index in [2.05, 4.69) is 0 Å². The van der Waals surface area contributed by atoms with E-state index >= 15 is 0 Å². The second-order valence-electron chi connectivity index (χ2n) is 4.89. The summed E-state index contributed by atoms with van der Waals surface area (Å²) in [4.78, 5) is 12.2. The van der Waals surface area contributed by atoms with Crippen LogP contribution >= 0.6 is 0 Å². The summed E-state index contributed by atoms with van der Waals surface area (Å²) in [5.41, 5.74) is -0.0480. The summed E-state index contributed by atoms with van der Waals surface area (Å²) >= 11 is 0. The molecule has 1 saturated heterocycles. The Morgan fingerprint density at radius 3 is 2.67 bits per heavy atom. The van der Waals surface area contributed by atoms with E-state index in [9.17, 15) is 17.6 Å². The fourth-order valence-electron chi connectivity index (χ4n) is 2.31. The number of Topliss-reactive ketones (excluding diaryl/α,β-unsaturated/α-hetero) is 1. The number of carbonyl (C=O) groups excluding carboxylic acids is 1. The van der Waals surface area contributed by atoms with E-state index in [4.69, 9.17) is 9.47 Å². The topological polar surface area (TPSA) is 69.7 Å². The Morgan fingerprint density at radius 2 is 2.05 bits per heavy atom. The lowest BCUT2D eigenvalue weighted by molar-refractivity contribution is 0.0970. The molecule has 0 aromatic heterocycles. The predicted molar refractivity (Wildman–Crippen MR) is 74.9 cm³/mol. The third-order valence-corrected chi connectivity index (χ3v) is 5.62. The Labute approximate surface area is 123 Å². The van der Waals surface area contributed by atoms with Gasteiger partial charge in [-0.05, 0) is 31.0 Å². The number of hydrogen-bond donors (Lipinski definition) is 0. The van der Waals surface area contributed by atoms with Gasteiger partial charge < -0.3 is 9.47 Å². The van der Waals surface area contributed by atoms with Gasteiger partial charge in [0.1, 0.15) is 17.3 Å². The molecule has 21 heavy (non-hydrogen) atoms. The summed E-state index contributed by atoms with van der Waals surface area (Å²) in [5.74, 6) is -1.73. The number of ether oxygens (including phenoxy) is 2. The van der Waals surface area contributed by atoms with Crippen LogP contribution in [-0.2, 0) is 14.6 Å². The van der Waals surface area contributed by atoms with Crippen molar-refractivity contribution in [2.75, 3.05) is 26.1 Å². The third-order valence-electron chi connectivity index (χ3n) is 3.47. The van der Waals surface area contributed by atoms with Crippen LogP contribution in [0, 0.1) is 5.82 Å². The van der Waals surface area contributed by atoms with Gasteiger partial charge in [0, 0.05) is 13.2 Å². The van der Waals surface area contributed by atoms with Gasteiger partial charge in [-0.1, -0.05) is 0 Å². The van der Waals surface area contributed by atoms with Gasteiger partial charge in [-0.2, -0.15) is 0 Å². The van der Waals surface area contributed by atoms with Gasteiger partial charge in [0.05, 0.1) is 17.9 Å². The number of halogens is 1. The molecule has 7 heteroatoms. The van der Waals surface area contributed by atoms with Crippen LogP contribution in [0.3, 0.4) is 0 Å². The Hall–Kier alpha value is -1.47. The van der Waals surface area contributed by atoms with Crippen molar-refractivity contribution >= 4 is 15.6 Å². The van der Waals surface area contributed by atoms with Crippen LogP contribution < -0.4 is 4.74 Å². The highest BCUT2D eigenvalue weighted by atomic mass is 32.2. The standard InChI is InChI=1S/C14H17FO5S/c1-19-14-3-2-10(15)8-12(14)13(16)9-21(17,18)11-4-6-20-7-5-11/h2-3,8,11H,4-7,9H2,1H3. The summed E-state index contributed by atoms with van der Waals surface area (Å²) < 4.78 is 47.8. The van der Waals surface area contributed by atoms with Crippen LogP contribution in [0.25, 0.3) is 0 Å². The Kier molecular flexibility index (Phi) is 4.95. The molecular weight excluding hydrogens is 299 g/mol. The van der Waals surface area contributed by atoms with Crippen molar-refractivity contribution in [2.24, 2.45) is 0 Å². The molecule has 1 aliphatic heterocycles. The fourth-order valence-corrected chi connectivity index (χ4v) is 3.98. The molecular formula is C14H17FO5S. The molecule has 1 aromatic carbocycles. The lowest BCUT2D eigenvalue weighted by Crippen LogP contribution is -2.33. The van der Waals surface area contributed by atoms with Crippen LogP contribution in [0.1, 0.15) is 23.2 Å². The number of rotatable bonds is 5. The van der Waals surface area contributed by atoms with E-state index < -0.39 is 32.4 Å². The maximum atomic E-state index is 13.3. The first kappa shape index (κ1) is 15.9. The van der Waals surface area contributed by atoms with E-state index in [1.807, 2.05) is 0 Å². The number of methoxy groups -OCH3 is 1. The predicted octanol–water partition coefficient (Wildman–Crippen LogP) is 1.61. The van der Waals surface area contributed by atoms with Gasteiger partial charge >= 0.3 is 0 Å². The van der Waals surface area contributed by atoms with Crippen LogP contribution in [0.2, 0.25) is 0 Å². The van der Waals surface area contributed by atoms with Gasteiger partial charge in [-0.3, -0.25) is 4.79 Å². The van der Waals surface area contributed by atoms with E-state index in [0.29, 0.717) is 26.1 Å². The molecule has 0 radical (unpaired) electrons. The number of ketones is 1. The van der Waals surface area contributed by atoms with Crippen LogP contribution in [-0.4, -0.2) is 45.5 Å². The molecule has 1 heterocycles. The van der Waals surface area contributed by atoms with Gasteiger partial charge in [-0.25, -0.2) is 12.8 Å². The minimum Gasteiger partial charge on any atom is -0.496 e. The third kappa shape index (κ3) is 3.79. The minimum absolute atomic E-state index is 0.0480. The SMILES string of the molecule is COc1ccc(F)cc1C(=O)CS(=O)(=O)C1CCOCC1. The largest absolute Gasteiger partial charge is 0.496 e. The number of benzene rings is 1. The van der Waals surface area contributed by atoms with Crippen molar-refractivity contribution in [3.63, 3.8) is 0 Å². The molecule has 1 aromatic rings. The van der Waals surface area contributed by atoms with Crippen molar-refractivity contribution in [3.8, 4) is 5.75 Å². The zero-order valence-corrected chi connectivity index (χ0v) is 12.5. The smallest absolute Gasteiger partial charge is 0.181 e. The van der Waals surface area contributed by atoms with Crippen molar-refractivity contribution in [1.29, 1.82) is 0 Å². The van der Waals surface area contributed by atoms with Gasteiger partial charge in [0.2, 0.25) is 0 Å². The lowest BCUT2D eigenvalue weighted by atomic mass is 10.1. The molecule has 0 saturated carbocycles. The normalized spacial score (nSPS) is 16.7. The molecule has 1 fully saturated rings. The highest BCUT2D eigenvalue weighted by Crippen LogP contribution is 2.23. The first-order chi connectivity index (χ1) is 9.94. The fraction of sp³-hybridized carbons (Fsp3) is 0.500. The molecule has 0 aliphatic carbocycles. The average molecular weight is 316 g/mol. The summed E-state index contributed by atoms with van der Waals surface area (Å²) in [6.45, 7) is 0.753. The molecule has 2 rings (SSSR count). The molecule has 116 valence electrons. The van der Waals surface area contributed by atoms with Crippen molar-refractivity contribution in [3.05, 3.63) is 29.6 Å². The Balaban J connectivity index is 2.19. The summed E-state index contributed by atoms with van der Waals surface area (Å²) in [6.07, 6.45) is 0.770. The maximum absolute atomic E-state index is 13.3. The Morgan fingerprint density at radius 1 is 1.38 bits per heavy atom. The molecule has 0 atom stereocenters. The van der Waals surface area contributed by atoms with E-state index in [0.717, 1.165) is 12.1 Å². The average Bonchev–Trinajstić information content (AvgIpc) is 2.47. The van der Waals surface area contributed by atoms with Crippen LogP contribution in [0.4, 0.5) is 4.39 Å². The second-order valence-corrected chi connectivity index (χ2v) is 7.17. The Bertz CT molecular complexity index is 620. The highest BCUT2D eigenvalue weighted by Gasteiger charge is 2.31. The summed E-state index contributed by atoms with van der Waals surface area (Å²) in [5, 5.41) is -0.574. The lowest BCUT2D eigenvalue weighted by Gasteiger charge is -2.21. The number of carbonyl (C=O) groups is 1. The monoisotopic (exact) mass is 316 g/mol. The highest BCUT2D eigenvalue weighted by molar-refractivity contribution is 7.92. The van der Waals surface area contributed by atoms with Gasteiger partial charge in [0.15, 0.2) is 15.6 Å². The minimum atomic E-state index is -3.58. The molecule has 0 unspecified atom stereocenters. The van der Waals surface area contributed by atoms with Crippen LogP contribution in [0.15, 0.2) is 18.2 Å². The number of hydrogen-bond acceptors (Lipinski definition) is 5. The molecule has 1 aliphatic rings. The molecule has 0 amide bonds. The summed E-state index contributed by atoms with van der Waals surface area (Å²) in [6, 6.07) is 3.47. The van der Waals surface area contributed by atoms with E-state index in [1.54, 1.807) is 0 Å². The summed E-state index contributed by atoms with van der Waals surface area (Å²) in [7, 11) is -2.23. The van der Waals surface area contributed by atoms with E-state index in [1.165, 1.54) is 13.2 Å². The molecule has 0 bridgehead atoms. The zero-order valence-electron chi connectivity index (χ0n) is 11.7. The van der Waals surface area contributed by atoms with Gasteiger partial charge in [-0.15, -0.1) is 0 Å². The first-order valence-corrected chi connectivity index (χ1v) is 8.31. The first-order valence-electron chi connectivity index (χ1n) is 6.60. The van der Waals surface area contributed by atoms with E-state index in [-0.39, 0.29) is 11.3 Å². The number of sulfone groups is 1. The second kappa shape index (κ2) is 6.53. The maximum Gasteiger partial charge on any atom is 0.181 e. The zero-order chi connectivity index (χ0) is 15.5. The van der Waals surface area contributed by atoms with Crippen molar-refractivity contribution in [2.45, 2.75) is 18.1 Å². The van der Waals surface area contributed by atoms with Crippen molar-refractivity contribution < 1.29 is 27.1 Å². The van der Waals surface area contributed by atoms with Crippen LogP contribution in [0.5, 0.6) is 5.75 Å². The molecule has 5 nitrogen and oxygen atoms in total. The molecule has 0 N–H and O–H groups in total. The quantitative estimate of drug-likeness (QED) is 0.772. The van der Waals surface area contributed by atoms with Gasteiger partial charge in [0.25, 0.3) is 0 Å².